The number of nitrogens with zero attached hydrogens (tertiary/aromatic N) is 2. The van der Waals surface area contributed by atoms with Gasteiger partial charge in [0.15, 0.2) is 9.79 Å². The third-order valence-electron chi connectivity index (χ3n) is 5.26. The van der Waals surface area contributed by atoms with Gasteiger partial charge in [-0.05, 0) is 42.5 Å². The number of amides is 2. The molecular weight excluding hydrogens is 468 g/mol. The van der Waals surface area contributed by atoms with Gasteiger partial charge in [0.05, 0.1) is 29.4 Å². The molecule has 3 aromatic carbocycles. The average molecular weight is 485 g/mol. The number of hydrogen-bond donors (Lipinski definition) is 2. The Hall–Kier alpha value is -3.97. The summed E-state index contributed by atoms with van der Waals surface area (Å²) >= 11 is -0.0905. The van der Waals surface area contributed by atoms with Crippen molar-refractivity contribution in [1.82, 2.24) is 10.3 Å². The first-order chi connectivity index (χ1) is 16.5. The normalized spacial score (nSPS) is 14.2. The Bertz CT molecular complexity index is 1460. The number of benzene rings is 3. The van der Waals surface area contributed by atoms with Crippen molar-refractivity contribution in [3.05, 3.63) is 94.5 Å². The van der Waals surface area contributed by atoms with Crippen molar-refractivity contribution in [2.45, 2.75) is 16.3 Å². The minimum absolute atomic E-state index is 0.285. The van der Waals surface area contributed by atoms with Crippen molar-refractivity contribution in [3.8, 4) is 16.6 Å². The van der Waals surface area contributed by atoms with Crippen molar-refractivity contribution in [1.29, 1.82) is 5.26 Å². The Morgan fingerprint density at radius 2 is 1.91 bits per heavy atom. The highest BCUT2D eigenvalue weighted by Crippen LogP contribution is 2.34. The Kier molecular flexibility index (Phi) is 5.86. The van der Waals surface area contributed by atoms with Gasteiger partial charge < -0.3 is 15.2 Å². The minimum Gasteiger partial charge on any atom is -0.606 e. The van der Waals surface area contributed by atoms with Gasteiger partial charge in [-0.25, -0.2) is 4.98 Å². The molecule has 0 saturated heterocycles. The molecule has 1 aromatic heterocycles. The van der Waals surface area contributed by atoms with Gasteiger partial charge >= 0.3 is 0 Å². The molecule has 2 amide bonds. The van der Waals surface area contributed by atoms with Gasteiger partial charge in [-0.3, -0.25) is 9.59 Å². The van der Waals surface area contributed by atoms with Crippen LogP contribution in [0.15, 0.2) is 82.7 Å². The highest BCUT2D eigenvalue weighted by molar-refractivity contribution is 7.91. The van der Waals surface area contributed by atoms with E-state index in [0.717, 1.165) is 15.4 Å². The molecule has 0 bridgehead atoms. The molecule has 1 aliphatic heterocycles. The van der Waals surface area contributed by atoms with E-state index in [0.29, 0.717) is 32.2 Å². The monoisotopic (exact) mass is 484 g/mol. The van der Waals surface area contributed by atoms with Crippen LogP contribution < -0.4 is 10.6 Å². The number of hydrogen-bond acceptors (Lipinski definition) is 6. The van der Waals surface area contributed by atoms with Gasteiger partial charge in [0.25, 0.3) is 11.8 Å². The van der Waals surface area contributed by atoms with E-state index in [4.69, 9.17) is 5.26 Å². The van der Waals surface area contributed by atoms with Crippen LogP contribution in [0.2, 0.25) is 0 Å². The fourth-order valence-corrected chi connectivity index (χ4v) is 5.69. The summed E-state index contributed by atoms with van der Waals surface area (Å²) in [6, 6.07) is 20.7. The second-order valence-electron chi connectivity index (χ2n) is 7.43. The first-order valence-electron chi connectivity index (χ1n) is 10.2. The van der Waals surface area contributed by atoms with Crippen LogP contribution in [-0.4, -0.2) is 21.4 Å². The summed E-state index contributed by atoms with van der Waals surface area (Å²) in [5, 5.41) is 15.3. The third kappa shape index (κ3) is 4.18. The Morgan fingerprint density at radius 1 is 1.12 bits per heavy atom. The van der Waals surface area contributed by atoms with Crippen molar-refractivity contribution in [2.75, 3.05) is 5.32 Å². The topological polar surface area (TPSA) is 118 Å². The number of nitriles is 1. The minimum atomic E-state index is -1.54. The molecule has 0 fully saturated rings. The molecule has 2 heterocycles. The predicted octanol–water partition coefficient (Wildman–Crippen LogP) is 4.34. The third-order valence-corrected chi connectivity index (χ3v) is 7.82. The van der Waals surface area contributed by atoms with E-state index in [1.54, 1.807) is 60.8 Å². The molecule has 1 aliphatic rings. The second kappa shape index (κ2) is 9.11. The number of carbonyl (C=O) groups is 2. The smallest absolute Gasteiger partial charge is 0.260 e. The van der Waals surface area contributed by atoms with E-state index >= 15 is 0 Å². The van der Waals surface area contributed by atoms with Crippen LogP contribution in [0, 0.1) is 11.3 Å². The molecule has 0 radical (unpaired) electrons. The summed E-state index contributed by atoms with van der Waals surface area (Å²) in [5.41, 5.74) is 2.53. The van der Waals surface area contributed by atoms with Crippen LogP contribution in [0.3, 0.4) is 0 Å². The fraction of sp³-hybridized carbons (Fsp3) is 0.0400. The molecule has 1 atom stereocenters. The Labute approximate surface area is 202 Å². The summed E-state index contributed by atoms with van der Waals surface area (Å²) in [6.45, 7) is 0.285. The van der Waals surface area contributed by atoms with Crippen LogP contribution in [0.1, 0.15) is 31.2 Å². The van der Waals surface area contributed by atoms with E-state index < -0.39 is 11.2 Å². The molecular formula is C25H16N4O3S2. The van der Waals surface area contributed by atoms with Gasteiger partial charge in [0.1, 0.15) is 5.01 Å². The molecule has 34 heavy (non-hydrogen) atoms. The largest absolute Gasteiger partial charge is 0.606 e. The SMILES string of the molecule is N#Cc1ccc(-c2ncc(CNC(=O)c3ccc4c(c3)NC(=O)c3ccccc3[S+]4[O-])s2)cc1. The fourth-order valence-electron chi connectivity index (χ4n) is 3.53. The maximum absolute atomic E-state index is 13.0. The molecule has 1 unspecified atom stereocenters. The zero-order valence-corrected chi connectivity index (χ0v) is 19.2. The molecule has 0 spiro atoms. The lowest BCUT2D eigenvalue weighted by molar-refractivity contribution is 0.0949. The molecule has 4 aromatic rings. The Balaban J connectivity index is 1.30. The van der Waals surface area contributed by atoms with E-state index in [1.165, 1.54) is 11.3 Å². The van der Waals surface area contributed by atoms with Crippen LogP contribution in [-0.2, 0) is 17.7 Å². The average Bonchev–Trinajstić information content (AvgIpc) is 3.32. The van der Waals surface area contributed by atoms with E-state index in [9.17, 15) is 14.1 Å². The molecule has 0 saturated carbocycles. The molecule has 7 nitrogen and oxygen atoms in total. The van der Waals surface area contributed by atoms with E-state index in [2.05, 4.69) is 21.7 Å². The number of nitrogens with one attached hydrogen (secondary N) is 2. The summed E-state index contributed by atoms with van der Waals surface area (Å²) in [4.78, 5) is 31.5. The number of rotatable bonds is 4. The quantitative estimate of drug-likeness (QED) is 0.418. The molecule has 166 valence electrons. The predicted molar refractivity (Wildman–Crippen MR) is 129 cm³/mol. The first kappa shape index (κ1) is 21.9. The van der Waals surface area contributed by atoms with Gasteiger partial charge in [-0.2, -0.15) is 5.26 Å². The lowest BCUT2D eigenvalue weighted by atomic mass is 10.1. The van der Waals surface area contributed by atoms with Crippen LogP contribution in [0.4, 0.5) is 5.69 Å². The van der Waals surface area contributed by atoms with E-state index in [-0.39, 0.29) is 18.4 Å². The molecule has 5 rings (SSSR count). The van der Waals surface area contributed by atoms with Crippen LogP contribution in [0.5, 0.6) is 0 Å². The maximum Gasteiger partial charge on any atom is 0.260 e. The number of carbonyl (C=O) groups excluding carboxylic acids is 2. The summed E-state index contributed by atoms with van der Waals surface area (Å²) in [7, 11) is 0. The molecule has 2 N–H and O–H groups in total. The van der Waals surface area contributed by atoms with Gasteiger partial charge in [-0.15, -0.1) is 11.3 Å². The van der Waals surface area contributed by atoms with Crippen molar-refractivity contribution >= 4 is 40.0 Å². The first-order valence-corrected chi connectivity index (χ1v) is 12.2. The zero-order valence-electron chi connectivity index (χ0n) is 17.6. The zero-order chi connectivity index (χ0) is 23.7. The molecule has 9 heteroatoms. The van der Waals surface area contributed by atoms with Gasteiger partial charge in [-0.1, -0.05) is 24.3 Å². The lowest BCUT2D eigenvalue weighted by Gasteiger charge is -2.12. The lowest BCUT2D eigenvalue weighted by Crippen LogP contribution is -2.22. The Morgan fingerprint density at radius 3 is 2.71 bits per heavy atom. The number of anilines is 1. The number of thiazole rings is 1. The second-order valence-corrected chi connectivity index (χ2v) is 9.97. The standard InChI is InChI=1S/C25H16N4O3S2/c26-12-15-5-7-16(8-6-15)25-28-14-18(33-25)13-27-23(30)17-9-10-22-20(11-17)29-24(31)19-3-1-2-4-21(19)34(22)32/h1-11,14H,13H2,(H,27,30)(H,29,31). The van der Waals surface area contributed by atoms with Crippen LogP contribution >= 0.6 is 11.3 Å². The van der Waals surface area contributed by atoms with Crippen LogP contribution in [0.25, 0.3) is 10.6 Å². The highest BCUT2D eigenvalue weighted by Gasteiger charge is 2.30. The van der Waals surface area contributed by atoms with Crippen molar-refractivity contribution in [2.24, 2.45) is 0 Å². The number of aromatic nitrogens is 1. The number of fused-ring (bicyclic) bond motifs is 2. The van der Waals surface area contributed by atoms with Gasteiger partial charge in [0, 0.05) is 33.4 Å². The van der Waals surface area contributed by atoms with Crippen molar-refractivity contribution in [3.63, 3.8) is 0 Å². The summed E-state index contributed by atoms with van der Waals surface area (Å²) in [5.74, 6) is -0.682. The molecule has 0 aliphatic carbocycles. The maximum atomic E-state index is 13.0. The summed E-state index contributed by atoms with van der Waals surface area (Å²) < 4.78 is 13.0. The van der Waals surface area contributed by atoms with Crippen molar-refractivity contribution < 1.29 is 14.1 Å². The highest BCUT2D eigenvalue weighted by atomic mass is 32.2. The van der Waals surface area contributed by atoms with E-state index in [1.807, 2.05) is 12.1 Å². The van der Waals surface area contributed by atoms with Gasteiger partial charge in [0.2, 0.25) is 0 Å². The summed E-state index contributed by atoms with van der Waals surface area (Å²) in [6.07, 6.45) is 1.70.